The first kappa shape index (κ1) is 18.8. The Morgan fingerprint density at radius 2 is 1.25 bits per heavy atom. The van der Waals surface area contributed by atoms with E-state index >= 15 is 0 Å². The fourth-order valence-electron chi connectivity index (χ4n) is 2.67. The lowest BCUT2D eigenvalue weighted by molar-refractivity contribution is -0.130. The summed E-state index contributed by atoms with van der Waals surface area (Å²) in [5.41, 5.74) is 7.03. The smallest absolute Gasteiger partial charge is 0.171 e. The third kappa shape index (κ3) is 4.97. The van der Waals surface area contributed by atoms with Gasteiger partial charge in [-0.2, -0.15) is 13.2 Å². The Morgan fingerprint density at radius 1 is 0.792 bits per heavy atom. The molecule has 0 bridgehead atoms. The van der Waals surface area contributed by atoms with Crippen molar-refractivity contribution in [3.63, 3.8) is 0 Å². The quantitative estimate of drug-likeness (QED) is 0.574. The summed E-state index contributed by atoms with van der Waals surface area (Å²) in [4.78, 5) is 0. The molecule has 0 N–H and O–H groups in total. The minimum atomic E-state index is -4.08. The van der Waals surface area contributed by atoms with Gasteiger partial charge in [-0.25, -0.2) is 0 Å². The molecule has 0 heterocycles. The number of benzene rings is 2. The Morgan fingerprint density at radius 3 is 1.62 bits per heavy atom. The van der Waals surface area contributed by atoms with Gasteiger partial charge in [0.25, 0.3) is 0 Å². The Labute approximate surface area is 144 Å². The molecule has 2 rings (SSSR count). The molecule has 4 heteroatoms. The zero-order valence-corrected chi connectivity index (χ0v) is 15.6. The standard InChI is InChI=1S/C20H23F3Si/c1-13-5-7-17(11-15(13)3)19(24-10-9-20(21,22)23)18-8-6-14(2)16(4)12-18/h5-8,11-12,19H,9-10H2,1-4H3. The van der Waals surface area contributed by atoms with Gasteiger partial charge in [-0.3, -0.25) is 0 Å². The highest BCUT2D eigenvalue weighted by molar-refractivity contribution is 6.39. The second-order valence-electron chi connectivity index (χ2n) is 6.44. The summed E-state index contributed by atoms with van der Waals surface area (Å²) in [5.74, 6) is 0. The van der Waals surface area contributed by atoms with Crippen LogP contribution >= 0.6 is 0 Å². The van der Waals surface area contributed by atoms with Gasteiger partial charge in [0.2, 0.25) is 0 Å². The molecule has 0 spiro atoms. The maximum Gasteiger partial charge on any atom is 0.388 e. The fourth-order valence-corrected chi connectivity index (χ4v) is 4.22. The zero-order valence-electron chi connectivity index (χ0n) is 14.6. The largest absolute Gasteiger partial charge is 0.388 e. The SMILES string of the molecule is Cc1ccc(C([Si]CCC(F)(F)F)c2ccc(C)c(C)c2)cc1C. The summed E-state index contributed by atoms with van der Waals surface area (Å²) in [5, 5.41) is 0. The van der Waals surface area contributed by atoms with Crippen molar-refractivity contribution < 1.29 is 13.2 Å². The third-order valence-electron chi connectivity index (χ3n) is 4.49. The van der Waals surface area contributed by atoms with E-state index in [0.29, 0.717) is 0 Å². The number of halogens is 3. The highest BCUT2D eigenvalue weighted by Crippen LogP contribution is 2.30. The molecule has 0 atom stereocenters. The monoisotopic (exact) mass is 348 g/mol. The van der Waals surface area contributed by atoms with Crippen molar-refractivity contribution in [3.8, 4) is 0 Å². The Hall–Kier alpha value is -1.55. The molecule has 0 nitrogen and oxygen atoms in total. The maximum atomic E-state index is 12.5. The van der Waals surface area contributed by atoms with Gasteiger partial charge in [0.05, 0.1) is 9.52 Å². The molecule has 2 aromatic carbocycles. The molecule has 0 fully saturated rings. The number of rotatable bonds is 5. The number of alkyl halides is 3. The molecule has 0 saturated heterocycles. The third-order valence-corrected chi connectivity index (χ3v) is 6.10. The van der Waals surface area contributed by atoms with E-state index in [2.05, 4.69) is 64.1 Å². The number of aryl methyl sites for hydroxylation is 4. The normalized spacial score (nSPS) is 12.0. The zero-order chi connectivity index (χ0) is 17.9. The first-order valence-electron chi connectivity index (χ1n) is 8.12. The average Bonchev–Trinajstić information content (AvgIpc) is 2.49. The van der Waals surface area contributed by atoms with Gasteiger partial charge < -0.3 is 0 Å². The van der Waals surface area contributed by atoms with Crippen LogP contribution < -0.4 is 0 Å². The molecule has 0 aromatic heterocycles. The molecule has 24 heavy (non-hydrogen) atoms. The van der Waals surface area contributed by atoms with E-state index in [4.69, 9.17) is 0 Å². The van der Waals surface area contributed by atoms with Crippen LogP contribution in [0.15, 0.2) is 36.4 Å². The summed E-state index contributed by atoms with van der Waals surface area (Å²) >= 11 is 0. The summed E-state index contributed by atoms with van der Waals surface area (Å²) < 4.78 is 37.6. The van der Waals surface area contributed by atoms with E-state index in [9.17, 15) is 13.2 Å². The summed E-state index contributed by atoms with van der Waals surface area (Å²) in [6, 6.07) is 12.7. The van der Waals surface area contributed by atoms with Gasteiger partial charge in [-0.1, -0.05) is 42.4 Å². The molecular weight excluding hydrogens is 325 g/mol. The van der Waals surface area contributed by atoms with Crippen LogP contribution in [0, 0.1) is 27.7 Å². The van der Waals surface area contributed by atoms with Crippen molar-refractivity contribution in [2.45, 2.75) is 51.9 Å². The fraction of sp³-hybridized carbons (Fsp3) is 0.400. The molecule has 2 radical (unpaired) electrons. The van der Waals surface area contributed by atoms with Crippen molar-refractivity contribution in [2.75, 3.05) is 0 Å². The molecule has 0 saturated carbocycles. The first-order chi connectivity index (χ1) is 11.2. The van der Waals surface area contributed by atoms with Gasteiger partial charge in [0.1, 0.15) is 0 Å². The van der Waals surface area contributed by atoms with Crippen molar-refractivity contribution in [1.29, 1.82) is 0 Å². The van der Waals surface area contributed by atoms with E-state index in [1.54, 1.807) is 0 Å². The molecule has 128 valence electrons. The maximum absolute atomic E-state index is 12.5. The van der Waals surface area contributed by atoms with Gasteiger partial charge >= 0.3 is 6.18 Å². The van der Waals surface area contributed by atoms with E-state index in [1.807, 2.05) is 0 Å². The van der Waals surface area contributed by atoms with Crippen molar-refractivity contribution in [3.05, 3.63) is 69.8 Å². The van der Waals surface area contributed by atoms with Crippen molar-refractivity contribution >= 4 is 9.52 Å². The van der Waals surface area contributed by atoms with Gasteiger partial charge in [-0.15, -0.1) is 0 Å². The topological polar surface area (TPSA) is 0 Å². The summed E-state index contributed by atoms with van der Waals surface area (Å²) in [7, 11) is 0.218. The van der Waals surface area contributed by atoms with Gasteiger partial charge in [0.15, 0.2) is 0 Å². The van der Waals surface area contributed by atoms with Crippen LogP contribution in [0.5, 0.6) is 0 Å². The molecule has 0 aliphatic carbocycles. The lowest BCUT2D eigenvalue weighted by Gasteiger charge is -2.20. The van der Waals surface area contributed by atoms with E-state index < -0.39 is 12.6 Å². The van der Waals surface area contributed by atoms with Crippen LogP contribution in [-0.4, -0.2) is 15.7 Å². The minimum Gasteiger partial charge on any atom is -0.171 e. The Balaban J connectivity index is 2.32. The van der Waals surface area contributed by atoms with Gasteiger partial charge in [-0.05, 0) is 66.6 Å². The molecule has 0 aliphatic heterocycles. The lowest BCUT2D eigenvalue weighted by atomic mass is 9.97. The number of hydrogen-bond acceptors (Lipinski definition) is 0. The highest BCUT2D eigenvalue weighted by Gasteiger charge is 2.27. The minimum absolute atomic E-state index is 0.0333. The summed E-state index contributed by atoms with van der Waals surface area (Å²) in [6.45, 7) is 8.20. The predicted molar refractivity (Wildman–Crippen MR) is 94.9 cm³/mol. The second-order valence-corrected chi connectivity index (χ2v) is 7.93. The molecule has 0 aliphatic rings. The lowest BCUT2D eigenvalue weighted by Crippen LogP contribution is -2.15. The second kappa shape index (κ2) is 7.56. The van der Waals surface area contributed by atoms with Crippen molar-refractivity contribution in [2.24, 2.45) is 0 Å². The van der Waals surface area contributed by atoms with Crippen LogP contribution in [0.1, 0.15) is 45.3 Å². The van der Waals surface area contributed by atoms with Crippen LogP contribution in [0.4, 0.5) is 13.2 Å². The van der Waals surface area contributed by atoms with E-state index in [1.165, 1.54) is 22.3 Å². The van der Waals surface area contributed by atoms with Crippen LogP contribution in [0.2, 0.25) is 6.04 Å². The van der Waals surface area contributed by atoms with Crippen LogP contribution in [-0.2, 0) is 0 Å². The van der Waals surface area contributed by atoms with Crippen LogP contribution in [0.3, 0.4) is 0 Å². The molecule has 2 aromatic rings. The average molecular weight is 348 g/mol. The highest BCUT2D eigenvalue weighted by atomic mass is 28.2. The predicted octanol–water partition coefficient (Wildman–Crippen LogP) is 6.08. The molecule has 0 amide bonds. The Bertz CT molecular complexity index is 653. The van der Waals surface area contributed by atoms with Crippen molar-refractivity contribution in [1.82, 2.24) is 0 Å². The molecular formula is C20H23F3Si. The Kier molecular flexibility index (Phi) is 5.91. The van der Waals surface area contributed by atoms with E-state index in [-0.39, 0.29) is 21.1 Å². The molecule has 0 unspecified atom stereocenters. The first-order valence-corrected chi connectivity index (χ1v) is 9.40. The van der Waals surface area contributed by atoms with Crippen LogP contribution in [0.25, 0.3) is 0 Å². The van der Waals surface area contributed by atoms with Gasteiger partial charge in [0, 0.05) is 6.42 Å². The van der Waals surface area contributed by atoms with E-state index in [0.717, 1.165) is 11.1 Å². The number of hydrogen-bond donors (Lipinski definition) is 0. The summed E-state index contributed by atoms with van der Waals surface area (Å²) in [6.07, 6.45) is -4.79.